The number of benzene rings is 1. The first-order valence-corrected chi connectivity index (χ1v) is 10.0. The molecule has 1 spiro atoms. The van der Waals surface area contributed by atoms with Gasteiger partial charge in [-0.15, -0.1) is 0 Å². The van der Waals surface area contributed by atoms with Crippen molar-refractivity contribution in [3.05, 3.63) is 41.0 Å². The van der Waals surface area contributed by atoms with Crippen LogP contribution in [0.15, 0.2) is 40.4 Å². The van der Waals surface area contributed by atoms with Crippen LogP contribution in [-0.4, -0.2) is 51.1 Å². The molecule has 1 unspecified atom stereocenters. The van der Waals surface area contributed by atoms with Crippen molar-refractivity contribution in [3.8, 4) is 0 Å². The summed E-state index contributed by atoms with van der Waals surface area (Å²) in [5, 5.41) is 0. The molecule has 0 bridgehead atoms. The predicted octanol–water partition coefficient (Wildman–Crippen LogP) is 2.26. The van der Waals surface area contributed by atoms with Gasteiger partial charge in [0.1, 0.15) is 11.1 Å². The number of anilines is 1. The summed E-state index contributed by atoms with van der Waals surface area (Å²) in [6, 6.07) is 6.95. The second-order valence-corrected chi connectivity index (χ2v) is 7.62. The van der Waals surface area contributed by atoms with Gasteiger partial charge in [0.05, 0.1) is 25.9 Å². The summed E-state index contributed by atoms with van der Waals surface area (Å²) in [6.07, 6.45) is 4.89. The Balaban J connectivity index is 1.97. The van der Waals surface area contributed by atoms with E-state index in [1.165, 1.54) is 19.1 Å². The first kappa shape index (κ1) is 20.1. The number of aliphatic imine (C=N–C) groups is 1. The summed E-state index contributed by atoms with van der Waals surface area (Å²) in [6.45, 7) is 0. The molecule has 1 saturated carbocycles. The van der Waals surface area contributed by atoms with E-state index in [4.69, 9.17) is 14.2 Å². The maximum Gasteiger partial charge on any atom is 0.344 e. The van der Waals surface area contributed by atoms with Crippen LogP contribution in [0.2, 0.25) is 0 Å². The zero-order valence-corrected chi connectivity index (χ0v) is 17.3. The second-order valence-electron chi connectivity index (χ2n) is 7.62. The highest BCUT2D eigenvalue weighted by Crippen LogP contribution is 2.51. The van der Waals surface area contributed by atoms with Gasteiger partial charge in [-0.1, -0.05) is 37.5 Å². The van der Waals surface area contributed by atoms with Crippen molar-refractivity contribution in [1.29, 1.82) is 0 Å². The number of rotatable bonds is 3. The molecule has 0 aromatic heterocycles. The van der Waals surface area contributed by atoms with Crippen molar-refractivity contribution >= 4 is 29.4 Å². The van der Waals surface area contributed by atoms with Crippen LogP contribution in [-0.2, 0) is 34.2 Å². The van der Waals surface area contributed by atoms with Crippen molar-refractivity contribution < 1.29 is 28.6 Å². The van der Waals surface area contributed by atoms with Crippen LogP contribution in [0.5, 0.6) is 0 Å². The normalized spacial score (nSPS) is 25.0. The molecule has 2 aliphatic heterocycles. The molecule has 8 nitrogen and oxygen atoms in total. The number of methoxy groups -OCH3 is 2. The lowest BCUT2D eigenvalue weighted by Crippen LogP contribution is -2.43. The van der Waals surface area contributed by atoms with Crippen molar-refractivity contribution in [2.24, 2.45) is 4.99 Å². The molecular formula is C22H24N2O6. The molecule has 1 aliphatic carbocycles. The molecule has 0 N–H and O–H groups in total. The summed E-state index contributed by atoms with van der Waals surface area (Å²) >= 11 is 0. The summed E-state index contributed by atoms with van der Waals surface area (Å²) < 4.78 is 16.1. The van der Waals surface area contributed by atoms with Crippen molar-refractivity contribution in [1.82, 2.24) is 0 Å². The van der Waals surface area contributed by atoms with Gasteiger partial charge in [-0.25, -0.2) is 14.6 Å². The van der Waals surface area contributed by atoms with E-state index in [9.17, 15) is 14.4 Å². The standard InChI is InChI=1S/C22H24N2O6/c1-24-15-12-8-7-11-14(15)22(21(24)27)17(20(26)29-3)16(19(25)28-2)18(30-22)23-13-9-5-4-6-10-13/h7-8,11-13H,4-6,9-10H2,1-3H3. The van der Waals surface area contributed by atoms with E-state index in [0.717, 1.165) is 32.1 Å². The Kier molecular flexibility index (Phi) is 5.09. The maximum absolute atomic E-state index is 13.5. The number of fused-ring (bicyclic) bond motifs is 2. The quantitative estimate of drug-likeness (QED) is 0.707. The topological polar surface area (TPSA) is 94.5 Å². The Morgan fingerprint density at radius 3 is 2.43 bits per heavy atom. The molecule has 1 amide bonds. The third-order valence-electron chi connectivity index (χ3n) is 5.97. The number of para-hydroxylation sites is 1. The van der Waals surface area contributed by atoms with Crippen LogP contribution in [0.3, 0.4) is 0 Å². The zero-order chi connectivity index (χ0) is 21.5. The molecule has 30 heavy (non-hydrogen) atoms. The summed E-state index contributed by atoms with van der Waals surface area (Å²) in [4.78, 5) is 45.2. The zero-order valence-electron chi connectivity index (χ0n) is 17.3. The van der Waals surface area contributed by atoms with Gasteiger partial charge in [-0.05, 0) is 18.9 Å². The molecule has 158 valence electrons. The highest BCUT2D eigenvalue weighted by atomic mass is 16.6. The first-order valence-electron chi connectivity index (χ1n) is 10.0. The van der Waals surface area contributed by atoms with Gasteiger partial charge in [-0.3, -0.25) is 4.79 Å². The van der Waals surface area contributed by atoms with E-state index in [0.29, 0.717) is 11.3 Å². The predicted molar refractivity (Wildman–Crippen MR) is 108 cm³/mol. The van der Waals surface area contributed by atoms with Crippen LogP contribution in [0.25, 0.3) is 0 Å². The molecule has 1 aromatic rings. The molecule has 0 saturated heterocycles. The molecule has 2 heterocycles. The smallest absolute Gasteiger partial charge is 0.344 e. The Morgan fingerprint density at radius 2 is 1.77 bits per heavy atom. The molecule has 4 rings (SSSR count). The lowest BCUT2D eigenvalue weighted by atomic mass is 9.86. The van der Waals surface area contributed by atoms with Gasteiger partial charge in [0.2, 0.25) is 11.5 Å². The Labute approximate surface area is 174 Å². The van der Waals surface area contributed by atoms with Gasteiger partial charge in [0.15, 0.2) is 0 Å². The number of hydrogen-bond donors (Lipinski definition) is 0. The number of hydrogen-bond acceptors (Lipinski definition) is 7. The van der Waals surface area contributed by atoms with Crippen molar-refractivity contribution in [2.75, 3.05) is 26.2 Å². The highest BCUT2D eigenvalue weighted by molar-refractivity contribution is 6.28. The van der Waals surface area contributed by atoms with E-state index < -0.39 is 23.4 Å². The Bertz CT molecular complexity index is 976. The fraction of sp³-hybridized carbons (Fsp3) is 0.455. The molecule has 0 radical (unpaired) electrons. The van der Waals surface area contributed by atoms with Crippen LogP contribution < -0.4 is 4.90 Å². The van der Waals surface area contributed by atoms with Gasteiger partial charge < -0.3 is 19.1 Å². The largest absolute Gasteiger partial charge is 0.466 e. The highest BCUT2D eigenvalue weighted by Gasteiger charge is 2.64. The number of likely N-dealkylation sites (N-methyl/N-ethyl adjacent to an activating group) is 1. The lowest BCUT2D eigenvalue weighted by molar-refractivity contribution is -0.143. The maximum atomic E-state index is 13.5. The molecular weight excluding hydrogens is 388 g/mol. The summed E-state index contributed by atoms with van der Waals surface area (Å²) in [7, 11) is 4.01. The lowest BCUT2D eigenvalue weighted by Gasteiger charge is -2.25. The monoisotopic (exact) mass is 412 g/mol. The number of ether oxygens (including phenoxy) is 3. The van der Waals surface area contributed by atoms with Crippen LogP contribution in [0.1, 0.15) is 37.7 Å². The first-order chi connectivity index (χ1) is 14.5. The number of esters is 2. The van der Waals surface area contributed by atoms with Gasteiger partial charge in [0.25, 0.3) is 5.91 Å². The van der Waals surface area contributed by atoms with Crippen LogP contribution in [0, 0.1) is 0 Å². The SMILES string of the molecule is COC(=O)C1=C(C(=O)OC)C2(OC1=NC1CCCCC1)C(=O)N(C)c1ccccc12. The van der Waals surface area contributed by atoms with Gasteiger partial charge in [-0.2, -0.15) is 0 Å². The van der Waals surface area contributed by atoms with E-state index >= 15 is 0 Å². The third-order valence-corrected chi connectivity index (χ3v) is 5.97. The van der Waals surface area contributed by atoms with Crippen molar-refractivity contribution in [3.63, 3.8) is 0 Å². The Morgan fingerprint density at radius 1 is 1.10 bits per heavy atom. The van der Waals surface area contributed by atoms with Crippen LogP contribution in [0.4, 0.5) is 5.69 Å². The number of carbonyl (C=O) groups is 3. The average molecular weight is 412 g/mol. The fourth-order valence-electron chi connectivity index (χ4n) is 4.50. The van der Waals surface area contributed by atoms with Crippen LogP contribution >= 0.6 is 0 Å². The molecule has 3 aliphatic rings. The fourth-order valence-corrected chi connectivity index (χ4v) is 4.50. The second kappa shape index (κ2) is 7.59. The van der Waals surface area contributed by atoms with Crippen molar-refractivity contribution in [2.45, 2.75) is 43.7 Å². The minimum atomic E-state index is -1.82. The molecule has 8 heteroatoms. The number of carbonyl (C=O) groups excluding carboxylic acids is 3. The number of nitrogens with zero attached hydrogens (tertiary/aromatic N) is 2. The molecule has 1 aromatic carbocycles. The van der Waals surface area contributed by atoms with E-state index in [1.807, 2.05) is 0 Å². The minimum Gasteiger partial charge on any atom is -0.466 e. The summed E-state index contributed by atoms with van der Waals surface area (Å²) in [5.74, 6) is -2.14. The van der Waals surface area contributed by atoms with Gasteiger partial charge >= 0.3 is 11.9 Å². The minimum absolute atomic E-state index is 0.0346. The van der Waals surface area contributed by atoms with Gasteiger partial charge in [0, 0.05) is 12.6 Å². The average Bonchev–Trinajstić information content (AvgIpc) is 3.22. The van der Waals surface area contributed by atoms with E-state index in [1.54, 1.807) is 31.3 Å². The number of amides is 1. The van der Waals surface area contributed by atoms with E-state index in [-0.39, 0.29) is 23.1 Å². The Hall–Kier alpha value is -3.16. The molecule has 1 fully saturated rings. The third kappa shape index (κ3) is 2.81. The van der Waals surface area contributed by atoms with E-state index in [2.05, 4.69) is 4.99 Å². The molecule has 1 atom stereocenters. The summed E-state index contributed by atoms with van der Waals surface area (Å²) in [5.41, 5.74) is -1.10.